The van der Waals surface area contributed by atoms with E-state index in [4.69, 9.17) is 4.74 Å². The number of nitrogens with zero attached hydrogens (tertiary/aromatic N) is 1. The van der Waals surface area contributed by atoms with E-state index in [1.807, 2.05) is 0 Å². The second-order valence-electron chi connectivity index (χ2n) is 5.28. The van der Waals surface area contributed by atoms with Gasteiger partial charge in [0.1, 0.15) is 10.6 Å². The Morgan fingerprint density at radius 1 is 1.19 bits per heavy atom. The summed E-state index contributed by atoms with van der Waals surface area (Å²) in [6.45, 7) is 1.68. The summed E-state index contributed by atoms with van der Waals surface area (Å²) in [5.74, 6) is -0.522. The number of benzene rings is 2. The first-order valence-corrected chi connectivity index (χ1v) is 8.86. The average Bonchev–Trinajstić information content (AvgIpc) is 2.62. The second kappa shape index (κ2) is 7.50. The Morgan fingerprint density at radius 3 is 2.46 bits per heavy atom. The third kappa shape index (κ3) is 3.98. The Bertz CT molecular complexity index is 972. The van der Waals surface area contributed by atoms with Crippen LogP contribution in [0.2, 0.25) is 0 Å². The van der Waals surface area contributed by atoms with Crippen LogP contribution in [0, 0.1) is 17.0 Å². The molecule has 0 aromatic heterocycles. The Labute approximate surface area is 150 Å². The van der Waals surface area contributed by atoms with Crippen LogP contribution in [0.4, 0.5) is 11.4 Å². The Balaban J connectivity index is 2.41. The fraction of sp³-hybridized carbons (Fsp3) is 0.188. The van der Waals surface area contributed by atoms with Gasteiger partial charge in [0.05, 0.1) is 17.7 Å². The lowest BCUT2D eigenvalue weighted by Crippen LogP contribution is -2.20. The summed E-state index contributed by atoms with van der Waals surface area (Å²) >= 11 is 0. The van der Waals surface area contributed by atoms with Crippen LogP contribution in [0.3, 0.4) is 0 Å². The maximum Gasteiger partial charge on any atom is 0.271 e. The molecule has 0 aliphatic heterocycles. The van der Waals surface area contributed by atoms with Gasteiger partial charge in [-0.15, -0.1) is 0 Å². The molecule has 0 atom stereocenters. The molecule has 2 aromatic rings. The summed E-state index contributed by atoms with van der Waals surface area (Å²) in [6.07, 6.45) is 0. The van der Waals surface area contributed by atoms with Crippen molar-refractivity contribution in [1.29, 1.82) is 0 Å². The number of hydrogen-bond acceptors (Lipinski definition) is 6. The van der Waals surface area contributed by atoms with Gasteiger partial charge in [-0.25, -0.2) is 13.1 Å². The molecule has 0 fully saturated rings. The molecular weight excluding hydrogens is 362 g/mol. The number of aryl methyl sites for hydroxylation is 1. The minimum Gasteiger partial charge on any atom is -0.495 e. The van der Waals surface area contributed by atoms with Crippen molar-refractivity contribution in [2.24, 2.45) is 0 Å². The molecule has 2 rings (SSSR count). The molecule has 0 aliphatic carbocycles. The number of hydrogen-bond donors (Lipinski definition) is 2. The molecule has 0 heterocycles. The lowest BCUT2D eigenvalue weighted by atomic mass is 10.1. The van der Waals surface area contributed by atoms with E-state index in [1.165, 1.54) is 50.6 Å². The Hall–Kier alpha value is -2.98. The predicted octanol–water partition coefficient (Wildman–Crippen LogP) is 2.07. The largest absolute Gasteiger partial charge is 0.495 e. The van der Waals surface area contributed by atoms with Crippen LogP contribution in [-0.4, -0.2) is 33.4 Å². The monoisotopic (exact) mass is 379 g/mol. The summed E-state index contributed by atoms with van der Waals surface area (Å²) in [5, 5.41) is 13.4. The van der Waals surface area contributed by atoms with E-state index in [1.54, 1.807) is 6.92 Å². The Morgan fingerprint density at radius 2 is 1.88 bits per heavy atom. The first-order chi connectivity index (χ1) is 12.2. The summed E-state index contributed by atoms with van der Waals surface area (Å²) in [5.41, 5.74) is 0.781. The van der Waals surface area contributed by atoms with Gasteiger partial charge in [0.15, 0.2) is 0 Å². The van der Waals surface area contributed by atoms with Crippen LogP contribution in [0.25, 0.3) is 0 Å². The predicted molar refractivity (Wildman–Crippen MR) is 95.0 cm³/mol. The van der Waals surface area contributed by atoms with Gasteiger partial charge in [0.2, 0.25) is 10.0 Å². The van der Waals surface area contributed by atoms with Crippen molar-refractivity contribution in [1.82, 2.24) is 4.72 Å². The van der Waals surface area contributed by atoms with Crippen molar-refractivity contribution < 1.29 is 22.9 Å². The molecule has 9 nitrogen and oxygen atoms in total. The van der Waals surface area contributed by atoms with Gasteiger partial charge in [-0.3, -0.25) is 14.9 Å². The third-order valence-electron chi connectivity index (χ3n) is 3.66. The van der Waals surface area contributed by atoms with E-state index < -0.39 is 20.9 Å². The number of carbonyl (C=O) groups excluding carboxylic acids is 1. The van der Waals surface area contributed by atoms with E-state index >= 15 is 0 Å². The molecule has 0 unspecified atom stereocenters. The minimum atomic E-state index is -3.84. The zero-order chi connectivity index (χ0) is 19.5. The van der Waals surface area contributed by atoms with Crippen LogP contribution in [0.5, 0.6) is 5.75 Å². The van der Waals surface area contributed by atoms with Crippen LogP contribution < -0.4 is 14.8 Å². The fourth-order valence-corrected chi connectivity index (χ4v) is 3.11. The minimum absolute atomic E-state index is 0.0607. The number of non-ortho nitro benzene ring substituents is 1. The van der Waals surface area contributed by atoms with Crippen molar-refractivity contribution in [3.05, 3.63) is 57.6 Å². The Kier molecular flexibility index (Phi) is 5.58. The van der Waals surface area contributed by atoms with E-state index in [0.717, 1.165) is 0 Å². The van der Waals surface area contributed by atoms with Crippen LogP contribution in [-0.2, 0) is 10.0 Å². The molecule has 0 saturated carbocycles. The highest BCUT2D eigenvalue weighted by Crippen LogP contribution is 2.26. The summed E-state index contributed by atoms with van der Waals surface area (Å²) in [7, 11) is -1.28. The van der Waals surface area contributed by atoms with Gasteiger partial charge in [0, 0.05) is 17.7 Å². The molecule has 0 radical (unpaired) electrons. The standard InChI is InChI=1S/C16H17N3O6S/c1-10-4-6-12(19(21)22)9-13(10)18-16(20)11-5-7-14(25-3)15(8-11)26(23,24)17-2/h4-9,17H,1-3H3,(H,18,20). The van der Waals surface area contributed by atoms with Crippen molar-refractivity contribution in [3.8, 4) is 5.75 Å². The van der Waals surface area contributed by atoms with Crippen LogP contribution in [0.15, 0.2) is 41.3 Å². The number of nitro benzene ring substituents is 1. The quantitative estimate of drug-likeness (QED) is 0.584. The molecule has 10 heteroatoms. The highest BCUT2D eigenvalue weighted by Gasteiger charge is 2.20. The molecule has 0 aliphatic rings. The van der Waals surface area contributed by atoms with Crippen molar-refractivity contribution in [2.45, 2.75) is 11.8 Å². The number of ether oxygens (including phenoxy) is 1. The van der Waals surface area contributed by atoms with E-state index in [0.29, 0.717) is 5.56 Å². The van der Waals surface area contributed by atoms with Crippen molar-refractivity contribution in [3.63, 3.8) is 0 Å². The highest BCUT2D eigenvalue weighted by molar-refractivity contribution is 7.89. The molecule has 0 saturated heterocycles. The zero-order valence-corrected chi connectivity index (χ0v) is 15.1. The summed E-state index contributed by atoms with van der Waals surface area (Å²) in [4.78, 5) is 22.6. The number of methoxy groups -OCH3 is 1. The number of amides is 1. The summed E-state index contributed by atoms with van der Waals surface area (Å²) in [6, 6.07) is 8.01. The number of carbonyl (C=O) groups is 1. The maximum absolute atomic E-state index is 12.5. The van der Waals surface area contributed by atoms with E-state index in [-0.39, 0.29) is 27.6 Å². The number of sulfonamides is 1. The van der Waals surface area contributed by atoms with E-state index in [2.05, 4.69) is 10.0 Å². The van der Waals surface area contributed by atoms with Crippen molar-refractivity contribution >= 4 is 27.3 Å². The normalized spacial score (nSPS) is 11.0. The van der Waals surface area contributed by atoms with Gasteiger partial charge >= 0.3 is 0 Å². The first kappa shape index (κ1) is 19.3. The smallest absolute Gasteiger partial charge is 0.271 e. The molecule has 2 aromatic carbocycles. The van der Waals surface area contributed by atoms with Gasteiger partial charge in [-0.2, -0.15) is 0 Å². The van der Waals surface area contributed by atoms with E-state index in [9.17, 15) is 23.3 Å². The third-order valence-corrected chi connectivity index (χ3v) is 5.10. The van der Waals surface area contributed by atoms with Gasteiger partial charge in [-0.05, 0) is 37.7 Å². The number of nitrogens with one attached hydrogen (secondary N) is 2. The SMILES string of the molecule is CNS(=O)(=O)c1cc(C(=O)Nc2cc([N+](=O)[O-])ccc2C)ccc1OC. The molecule has 2 N–H and O–H groups in total. The molecule has 1 amide bonds. The molecular formula is C16H17N3O6S. The second-order valence-corrected chi connectivity index (χ2v) is 7.14. The lowest BCUT2D eigenvalue weighted by molar-refractivity contribution is -0.384. The van der Waals surface area contributed by atoms with Crippen LogP contribution >= 0.6 is 0 Å². The number of nitro groups is 1. The zero-order valence-electron chi connectivity index (χ0n) is 14.3. The molecule has 138 valence electrons. The molecule has 0 spiro atoms. The van der Waals surface area contributed by atoms with Gasteiger partial charge < -0.3 is 10.1 Å². The lowest BCUT2D eigenvalue weighted by Gasteiger charge is -2.12. The summed E-state index contributed by atoms with van der Waals surface area (Å²) < 4.78 is 31.4. The first-order valence-electron chi connectivity index (χ1n) is 7.37. The van der Waals surface area contributed by atoms with Crippen LogP contribution in [0.1, 0.15) is 15.9 Å². The maximum atomic E-state index is 12.5. The topological polar surface area (TPSA) is 128 Å². The highest BCUT2D eigenvalue weighted by atomic mass is 32.2. The number of rotatable bonds is 6. The molecule has 0 bridgehead atoms. The van der Waals surface area contributed by atoms with Gasteiger partial charge in [-0.1, -0.05) is 6.07 Å². The molecule has 26 heavy (non-hydrogen) atoms. The van der Waals surface area contributed by atoms with Gasteiger partial charge in [0.25, 0.3) is 11.6 Å². The number of anilines is 1. The van der Waals surface area contributed by atoms with Crippen molar-refractivity contribution in [2.75, 3.05) is 19.5 Å². The average molecular weight is 379 g/mol. The fourth-order valence-electron chi connectivity index (χ4n) is 2.19.